The van der Waals surface area contributed by atoms with Crippen LogP contribution in [0.3, 0.4) is 0 Å². The van der Waals surface area contributed by atoms with E-state index >= 15 is 0 Å². The molecule has 0 aliphatic carbocycles. The molecular formula is C22H32IN3O4. The first kappa shape index (κ1) is 25.8. The maximum Gasteiger partial charge on any atom is 0.193 e. The molecule has 30 heavy (non-hydrogen) atoms. The van der Waals surface area contributed by atoms with E-state index < -0.39 is 6.10 Å². The van der Waals surface area contributed by atoms with Crippen molar-refractivity contribution in [3.8, 4) is 17.2 Å². The number of nitrogens with one attached hydrogen (secondary N) is 1. The molecule has 2 aromatic rings. The zero-order chi connectivity index (χ0) is 21.1. The molecule has 166 valence electrons. The van der Waals surface area contributed by atoms with Gasteiger partial charge in [-0.15, -0.1) is 24.0 Å². The second-order valence-corrected chi connectivity index (χ2v) is 6.43. The molecule has 0 aromatic heterocycles. The topological polar surface area (TPSA) is 75.6 Å². The lowest BCUT2D eigenvalue weighted by atomic mass is 10.1. The second kappa shape index (κ2) is 13.9. The summed E-state index contributed by atoms with van der Waals surface area (Å²) in [6, 6.07) is 14.9. The van der Waals surface area contributed by atoms with Crippen molar-refractivity contribution in [1.29, 1.82) is 0 Å². The van der Waals surface area contributed by atoms with Crippen LogP contribution < -0.4 is 19.5 Å². The second-order valence-electron chi connectivity index (χ2n) is 6.43. The molecule has 0 saturated heterocycles. The molecule has 0 heterocycles. The van der Waals surface area contributed by atoms with E-state index in [1.807, 2.05) is 67.4 Å². The first-order valence-corrected chi connectivity index (χ1v) is 9.65. The normalized spacial score (nSPS) is 11.8. The number of aliphatic hydroxyl groups is 1. The number of aliphatic hydroxyl groups excluding tert-OH is 1. The van der Waals surface area contributed by atoms with Gasteiger partial charge >= 0.3 is 0 Å². The number of benzene rings is 2. The van der Waals surface area contributed by atoms with Gasteiger partial charge in [0.2, 0.25) is 0 Å². The van der Waals surface area contributed by atoms with Crippen molar-refractivity contribution in [3.05, 3.63) is 54.1 Å². The van der Waals surface area contributed by atoms with Gasteiger partial charge in [0.1, 0.15) is 23.9 Å². The molecule has 0 spiro atoms. The van der Waals surface area contributed by atoms with E-state index in [1.165, 1.54) is 0 Å². The van der Waals surface area contributed by atoms with Crippen LogP contribution >= 0.6 is 24.0 Å². The summed E-state index contributed by atoms with van der Waals surface area (Å²) in [6.07, 6.45) is -0.706. The molecule has 2 rings (SSSR count). The van der Waals surface area contributed by atoms with E-state index in [2.05, 4.69) is 10.3 Å². The third kappa shape index (κ3) is 8.27. The minimum Gasteiger partial charge on any atom is -0.497 e. The standard InChI is InChI=1S/C22H31N3O4.HI/c1-5-23-22(24-16-21(26)17-7-6-8-20(15-17)28-4)25(2)13-14-29-19-11-9-18(27-3)10-12-19;/h6-12,15,21,26H,5,13-14,16H2,1-4H3,(H,23,24);1H. The molecular weight excluding hydrogens is 497 g/mol. The average molecular weight is 529 g/mol. The van der Waals surface area contributed by atoms with Gasteiger partial charge < -0.3 is 29.5 Å². The lowest BCUT2D eigenvalue weighted by molar-refractivity contribution is 0.186. The number of halogens is 1. The van der Waals surface area contributed by atoms with E-state index in [-0.39, 0.29) is 30.5 Å². The summed E-state index contributed by atoms with van der Waals surface area (Å²) in [5.74, 6) is 3.01. The summed E-state index contributed by atoms with van der Waals surface area (Å²) in [5.41, 5.74) is 0.773. The van der Waals surface area contributed by atoms with Gasteiger partial charge in [0.15, 0.2) is 5.96 Å². The summed E-state index contributed by atoms with van der Waals surface area (Å²) >= 11 is 0. The molecule has 8 heteroatoms. The Morgan fingerprint density at radius 2 is 1.73 bits per heavy atom. The fourth-order valence-corrected chi connectivity index (χ4v) is 2.68. The Bertz CT molecular complexity index is 771. The highest BCUT2D eigenvalue weighted by Gasteiger charge is 2.11. The van der Waals surface area contributed by atoms with Crippen molar-refractivity contribution < 1.29 is 19.3 Å². The molecule has 1 unspecified atom stereocenters. The lowest BCUT2D eigenvalue weighted by Gasteiger charge is -2.22. The van der Waals surface area contributed by atoms with Gasteiger partial charge in [-0.25, -0.2) is 0 Å². The number of nitrogens with zero attached hydrogens (tertiary/aromatic N) is 2. The highest BCUT2D eigenvalue weighted by molar-refractivity contribution is 14.0. The van der Waals surface area contributed by atoms with Gasteiger partial charge in [0, 0.05) is 13.6 Å². The Morgan fingerprint density at radius 3 is 2.37 bits per heavy atom. The number of aliphatic imine (C=N–C) groups is 1. The van der Waals surface area contributed by atoms with Crippen LogP contribution in [0.15, 0.2) is 53.5 Å². The Kier molecular flexibility index (Phi) is 12.0. The van der Waals surface area contributed by atoms with E-state index in [9.17, 15) is 5.11 Å². The molecule has 0 radical (unpaired) electrons. The van der Waals surface area contributed by atoms with Crippen LogP contribution in [0.5, 0.6) is 17.2 Å². The summed E-state index contributed by atoms with van der Waals surface area (Å²) in [6.45, 7) is 4.14. The molecule has 0 fully saturated rings. The first-order valence-electron chi connectivity index (χ1n) is 9.65. The van der Waals surface area contributed by atoms with Crippen LogP contribution in [0.2, 0.25) is 0 Å². The van der Waals surface area contributed by atoms with Gasteiger partial charge in [0.25, 0.3) is 0 Å². The van der Waals surface area contributed by atoms with Crippen LogP contribution in [0, 0.1) is 0 Å². The Morgan fingerprint density at radius 1 is 1.07 bits per heavy atom. The Hall–Kier alpha value is -2.20. The highest BCUT2D eigenvalue weighted by Crippen LogP contribution is 2.19. The summed E-state index contributed by atoms with van der Waals surface area (Å²) in [7, 11) is 5.18. The monoisotopic (exact) mass is 529 g/mol. The molecule has 7 nitrogen and oxygen atoms in total. The minimum atomic E-state index is -0.706. The fourth-order valence-electron chi connectivity index (χ4n) is 2.68. The molecule has 0 saturated carbocycles. The zero-order valence-electron chi connectivity index (χ0n) is 18.0. The van der Waals surface area contributed by atoms with Crippen LogP contribution in [-0.4, -0.2) is 63.5 Å². The van der Waals surface area contributed by atoms with Gasteiger partial charge in [0.05, 0.1) is 33.4 Å². The van der Waals surface area contributed by atoms with Gasteiger partial charge in [-0.05, 0) is 48.9 Å². The average Bonchev–Trinajstić information content (AvgIpc) is 2.76. The van der Waals surface area contributed by atoms with Crippen molar-refractivity contribution in [3.63, 3.8) is 0 Å². The van der Waals surface area contributed by atoms with E-state index in [4.69, 9.17) is 14.2 Å². The molecule has 1 atom stereocenters. The van der Waals surface area contributed by atoms with Gasteiger partial charge in [-0.1, -0.05) is 12.1 Å². The predicted molar refractivity (Wildman–Crippen MR) is 130 cm³/mol. The van der Waals surface area contributed by atoms with E-state index in [0.29, 0.717) is 24.9 Å². The molecule has 2 N–H and O–H groups in total. The van der Waals surface area contributed by atoms with Gasteiger partial charge in [-0.2, -0.15) is 0 Å². The third-order valence-corrected chi connectivity index (χ3v) is 4.34. The first-order chi connectivity index (χ1) is 14.1. The quantitative estimate of drug-likeness (QED) is 0.280. The minimum absolute atomic E-state index is 0. The van der Waals surface area contributed by atoms with Gasteiger partial charge in [-0.3, -0.25) is 4.99 Å². The maximum absolute atomic E-state index is 10.5. The highest BCUT2D eigenvalue weighted by atomic mass is 127. The van der Waals surface area contributed by atoms with Crippen molar-refractivity contribution in [2.45, 2.75) is 13.0 Å². The molecule has 0 bridgehead atoms. The zero-order valence-corrected chi connectivity index (χ0v) is 20.3. The SMILES string of the molecule is CCNC(=NCC(O)c1cccc(OC)c1)N(C)CCOc1ccc(OC)cc1.I. The molecule has 0 aliphatic rings. The summed E-state index contributed by atoms with van der Waals surface area (Å²) in [4.78, 5) is 6.54. The van der Waals surface area contributed by atoms with Crippen molar-refractivity contribution >= 4 is 29.9 Å². The Labute approximate surface area is 196 Å². The van der Waals surface area contributed by atoms with Crippen molar-refractivity contribution in [2.75, 3.05) is 47.5 Å². The fraction of sp³-hybridized carbons (Fsp3) is 0.409. The summed E-state index contributed by atoms with van der Waals surface area (Å²) in [5, 5.41) is 13.7. The predicted octanol–water partition coefficient (Wildman–Crippen LogP) is 3.33. The number of likely N-dealkylation sites (N-methyl/N-ethyl adjacent to an activating group) is 1. The van der Waals surface area contributed by atoms with Crippen LogP contribution in [0.4, 0.5) is 0 Å². The molecule has 0 amide bonds. The third-order valence-electron chi connectivity index (χ3n) is 4.34. The van der Waals surface area contributed by atoms with Crippen molar-refractivity contribution in [1.82, 2.24) is 10.2 Å². The van der Waals surface area contributed by atoms with Crippen LogP contribution in [-0.2, 0) is 0 Å². The van der Waals surface area contributed by atoms with E-state index in [0.717, 1.165) is 23.6 Å². The molecule has 2 aromatic carbocycles. The Balaban J connectivity index is 0.00000450. The van der Waals surface area contributed by atoms with E-state index in [1.54, 1.807) is 14.2 Å². The number of rotatable bonds is 10. The lowest BCUT2D eigenvalue weighted by Crippen LogP contribution is -2.41. The van der Waals surface area contributed by atoms with Crippen molar-refractivity contribution in [2.24, 2.45) is 4.99 Å². The van der Waals surface area contributed by atoms with Crippen LogP contribution in [0.25, 0.3) is 0 Å². The number of guanidine groups is 1. The number of hydrogen-bond acceptors (Lipinski definition) is 5. The van der Waals surface area contributed by atoms with Crippen LogP contribution in [0.1, 0.15) is 18.6 Å². The summed E-state index contributed by atoms with van der Waals surface area (Å²) < 4.78 is 16.1. The maximum atomic E-state index is 10.5. The number of ether oxygens (including phenoxy) is 3. The number of methoxy groups -OCH3 is 2. The smallest absolute Gasteiger partial charge is 0.193 e. The number of hydrogen-bond donors (Lipinski definition) is 2. The largest absolute Gasteiger partial charge is 0.497 e. The molecule has 0 aliphatic heterocycles.